The Hall–Kier alpha value is -2.16. The van der Waals surface area contributed by atoms with Gasteiger partial charge in [-0.05, 0) is 76.6 Å². The summed E-state index contributed by atoms with van der Waals surface area (Å²) in [6.45, 7) is 13.2. The summed E-state index contributed by atoms with van der Waals surface area (Å²) in [5.41, 5.74) is 1.11. The van der Waals surface area contributed by atoms with Crippen LogP contribution < -0.4 is 0 Å². The summed E-state index contributed by atoms with van der Waals surface area (Å²) in [4.78, 5) is 52.4. The fourth-order valence-electron chi connectivity index (χ4n) is 7.83. The first kappa shape index (κ1) is 31.3. The van der Waals surface area contributed by atoms with Crippen LogP contribution in [0.25, 0.3) is 0 Å². The molecule has 4 aliphatic rings. The number of likely N-dealkylation sites (tertiary alicyclic amines) is 2. The number of carbonyl (C=O) groups excluding carboxylic acids is 3. The molecule has 0 bridgehead atoms. The zero-order chi connectivity index (χ0) is 30.1. The number of amides is 3. The van der Waals surface area contributed by atoms with Gasteiger partial charge in [0.2, 0.25) is 17.7 Å². The Kier molecular flexibility index (Phi) is 9.85. The standard InChI is InChI=1S/C33H50ClN5O3/c1-22(2)37-20-29(25-8-10-26(34)11-9-25)30(21-37)32(41)38-19-28(39(24(4)40)27-12-6-23(3)7-13-27)18-31(38)33(42)36-16-14-35(5)15-17-36/h8-11,22-23,27-31H,6-7,12-21H2,1-5H3/t23?,27?,28?,29-,30-,31?/m0/s1. The Balaban J connectivity index is 1.44. The van der Waals surface area contributed by atoms with Crippen LogP contribution >= 0.6 is 11.6 Å². The molecule has 0 radical (unpaired) electrons. The molecule has 3 aliphatic heterocycles. The average molecular weight is 600 g/mol. The number of benzene rings is 1. The van der Waals surface area contributed by atoms with E-state index in [1.165, 1.54) is 0 Å². The lowest BCUT2D eigenvalue weighted by Crippen LogP contribution is -2.54. The lowest BCUT2D eigenvalue weighted by molar-refractivity contribution is -0.147. The van der Waals surface area contributed by atoms with E-state index in [4.69, 9.17) is 11.6 Å². The highest BCUT2D eigenvalue weighted by Crippen LogP contribution is 2.39. The van der Waals surface area contributed by atoms with E-state index in [1.54, 1.807) is 6.92 Å². The van der Waals surface area contributed by atoms with Gasteiger partial charge in [0.05, 0.1) is 12.0 Å². The first-order chi connectivity index (χ1) is 20.0. The predicted molar refractivity (Wildman–Crippen MR) is 166 cm³/mol. The van der Waals surface area contributed by atoms with Crippen LogP contribution in [0.2, 0.25) is 5.02 Å². The highest BCUT2D eigenvalue weighted by atomic mass is 35.5. The molecule has 232 valence electrons. The summed E-state index contributed by atoms with van der Waals surface area (Å²) >= 11 is 6.22. The summed E-state index contributed by atoms with van der Waals surface area (Å²) in [6.07, 6.45) is 4.74. The molecule has 0 N–H and O–H groups in total. The number of hydrogen-bond donors (Lipinski definition) is 0. The van der Waals surface area contributed by atoms with Crippen molar-refractivity contribution in [1.82, 2.24) is 24.5 Å². The van der Waals surface area contributed by atoms with Gasteiger partial charge in [0.25, 0.3) is 0 Å². The zero-order valence-electron chi connectivity index (χ0n) is 26.2. The molecule has 4 fully saturated rings. The summed E-state index contributed by atoms with van der Waals surface area (Å²) in [5, 5.41) is 0.682. The van der Waals surface area contributed by atoms with Crippen LogP contribution in [0.4, 0.5) is 0 Å². The Labute approximate surface area is 257 Å². The van der Waals surface area contributed by atoms with Gasteiger partial charge in [-0.3, -0.25) is 19.3 Å². The maximum absolute atomic E-state index is 14.7. The minimum atomic E-state index is -0.533. The number of nitrogens with zero attached hydrogens (tertiary/aromatic N) is 5. The molecule has 1 aromatic carbocycles. The average Bonchev–Trinajstić information content (AvgIpc) is 3.60. The highest BCUT2D eigenvalue weighted by Gasteiger charge is 2.50. The summed E-state index contributed by atoms with van der Waals surface area (Å²) in [5.74, 6) is 0.607. The zero-order valence-corrected chi connectivity index (χ0v) is 26.9. The van der Waals surface area contributed by atoms with Gasteiger partial charge in [-0.15, -0.1) is 0 Å². The second-order valence-corrected chi connectivity index (χ2v) is 14.1. The molecular formula is C33H50ClN5O3. The number of carbonyl (C=O) groups is 3. The van der Waals surface area contributed by atoms with Gasteiger partial charge < -0.3 is 19.6 Å². The van der Waals surface area contributed by atoms with Gasteiger partial charge in [0.1, 0.15) is 6.04 Å². The normalized spacial score (nSPS) is 31.1. The van der Waals surface area contributed by atoms with Crippen molar-refractivity contribution in [2.75, 3.05) is 52.9 Å². The molecule has 5 rings (SSSR count). The van der Waals surface area contributed by atoms with Crippen molar-refractivity contribution in [1.29, 1.82) is 0 Å². The number of halogens is 1. The van der Waals surface area contributed by atoms with Crippen molar-refractivity contribution in [3.05, 3.63) is 34.9 Å². The smallest absolute Gasteiger partial charge is 0.245 e. The SMILES string of the molecule is CC(=O)N(C1CCC(C)CC1)C1CC(C(=O)N2CCN(C)CC2)N(C(=O)[C@H]2CN(C(C)C)C[C@H]2c2ccc(Cl)cc2)C1. The van der Waals surface area contributed by atoms with Crippen LogP contribution in [0, 0.1) is 11.8 Å². The van der Waals surface area contributed by atoms with Crippen molar-refractivity contribution >= 4 is 29.3 Å². The topological polar surface area (TPSA) is 67.4 Å². The largest absolute Gasteiger partial charge is 0.338 e. The van der Waals surface area contributed by atoms with Gasteiger partial charge >= 0.3 is 0 Å². The van der Waals surface area contributed by atoms with Gasteiger partial charge in [-0.1, -0.05) is 30.7 Å². The summed E-state index contributed by atoms with van der Waals surface area (Å²) in [6, 6.07) is 7.71. The Bertz CT molecular complexity index is 1110. The fourth-order valence-corrected chi connectivity index (χ4v) is 7.96. The van der Waals surface area contributed by atoms with Crippen LogP contribution in [0.15, 0.2) is 24.3 Å². The molecule has 0 spiro atoms. The van der Waals surface area contributed by atoms with Gasteiger partial charge in [0.15, 0.2) is 0 Å². The van der Waals surface area contributed by atoms with Crippen LogP contribution in [-0.4, -0.2) is 119 Å². The van der Waals surface area contributed by atoms with Crippen molar-refractivity contribution < 1.29 is 14.4 Å². The summed E-state index contributed by atoms with van der Waals surface area (Å²) in [7, 11) is 2.08. The second kappa shape index (κ2) is 13.2. The van der Waals surface area contributed by atoms with Crippen molar-refractivity contribution in [2.45, 2.75) is 89.9 Å². The first-order valence-corrected chi connectivity index (χ1v) is 16.5. The molecular weight excluding hydrogens is 550 g/mol. The van der Waals surface area contributed by atoms with E-state index in [2.05, 4.69) is 42.5 Å². The van der Waals surface area contributed by atoms with E-state index in [0.29, 0.717) is 49.6 Å². The van der Waals surface area contributed by atoms with Crippen molar-refractivity contribution in [3.63, 3.8) is 0 Å². The van der Waals surface area contributed by atoms with E-state index >= 15 is 0 Å². The van der Waals surface area contributed by atoms with Crippen LogP contribution in [0.1, 0.15) is 71.3 Å². The lowest BCUT2D eigenvalue weighted by atomic mass is 9.86. The molecule has 3 saturated heterocycles. The van der Waals surface area contributed by atoms with Gasteiger partial charge in [-0.25, -0.2) is 0 Å². The molecule has 9 heteroatoms. The molecule has 3 amide bonds. The third kappa shape index (κ3) is 6.66. The molecule has 42 heavy (non-hydrogen) atoms. The maximum atomic E-state index is 14.7. The van der Waals surface area contributed by atoms with Crippen LogP contribution in [0.5, 0.6) is 0 Å². The highest BCUT2D eigenvalue weighted by molar-refractivity contribution is 6.30. The third-order valence-electron chi connectivity index (χ3n) is 10.5. The molecule has 1 saturated carbocycles. The van der Waals surface area contributed by atoms with E-state index in [1.807, 2.05) is 34.1 Å². The van der Waals surface area contributed by atoms with Crippen LogP contribution in [0.3, 0.4) is 0 Å². The molecule has 0 aromatic heterocycles. The molecule has 2 unspecified atom stereocenters. The Morgan fingerprint density at radius 3 is 2.12 bits per heavy atom. The van der Waals surface area contributed by atoms with Crippen molar-refractivity contribution in [3.8, 4) is 0 Å². The third-order valence-corrected chi connectivity index (χ3v) is 10.7. The molecule has 1 aliphatic carbocycles. The van der Waals surface area contributed by atoms with E-state index in [9.17, 15) is 14.4 Å². The Morgan fingerprint density at radius 2 is 1.52 bits per heavy atom. The number of likely N-dealkylation sites (N-methyl/N-ethyl adjacent to an activating group) is 1. The van der Waals surface area contributed by atoms with Crippen molar-refractivity contribution in [2.24, 2.45) is 11.8 Å². The minimum absolute atomic E-state index is 0.0272. The van der Waals surface area contributed by atoms with E-state index in [-0.39, 0.29) is 41.6 Å². The fraction of sp³-hybridized carbons (Fsp3) is 0.727. The van der Waals surface area contributed by atoms with Gasteiger partial charge in [0, 0.05) is 75.8 Å². The lowest BCUT2D eigenvalue weighted by Gasteiger charge is -2.39. The molecule has 1 aromatic rings. The quantitative estimate of drug-likeness (QED) is 0.496. The van der Waals surface area contributed by atoms with Gasteiger partial charge in [-0.2, -0.15) is 0 Å². The number of piperazine rings is 1. The maximum Gasteiger partial charge on any atom is 0.245 e. The molecule has 3 heterocycles. The second-order valence-electron chi connectivity index (χ2n) is 13.7. The predicted octanol–water partition coefficient (Wildman–Crippen LogP) is 3.93. The molecule has 4 atom stereocenters. The van der Waals surface area contributed by atoms with E-state index < -0.39 is 6.04 Å². The van der Waals surface area contributed by atoms with Crippen LogP contribution in [-0.2, 0) is 14.4 Å². The summed E-state index contributed by atoms with van der Waals surface area (Å²) < 4.78 is 0. The monoisotopic (exact) mass is 599 g/mol. The van der Waals surface area contributed by atoms with E-state index in [0.717, 1.165) is 50.9 Å². The Morgan fingerprint density at radius 1 is 0.881 bits per heavy atom. The molecule has 8 nitrogen and oxygen atoms in total. The number of hydrogen-bond acceptors (Lipinski definition) is 5. The number of rotatable bonds is 6. The minimum Gasteiger partial charge on any atom is -0.338 e. The first-order valence-electron chi connectivity index (χ1n) is 16.1.